The van der Waals surface area contributed by atoms with E-state index in [1.165, 1.54) is 5.56 Å². The van der Waals surface area contributed by atoms with Crippen molar-refractivity contribution >= 4 is 0 Å². The van der Waals surface area contributed by atoms with Crippen LogP contribution in [0.4, 0.5) is 0 Å². The van der Waals surface area contributed by atoms with Crippen molar-refractivity contribution in [3.63, 3.8) is 0 Å². The molecule has 2 aromatic rings. The maximum Gasteiger partial charge on any atom is 0.0849 e. The SMILES string of the molecule is Cn1ccc(Cn2cc(CNC(C)(C)C)cn2)n1. The molecule has 0 saturated carbocycles. The lowest BCUT2D eigenvalue weighted by Gasteiger charge is -2.19. The second kappa shape index (κ2) is 4.94. The average molecular weight is 247 g/mol. The first-order valence-electron chi connectivity index (χ1n) is 6.17. The lowest BCUT2D eigenvalue weighted by atomic mass is 10.1. The lowest BCUT2D eigenvalue weighted by molar-refractivity contribution is 0.424. The van der Waals surface area contributed by atoms with Crippen LogP contribution in [0.3, 0.4) is 0 Å². The summed E-state index contributed by atoms with van der Waals surface area (Å²) in [5.74, 6) is 0. The van der Waals surface area contributed by atoms with Crippen LogP contribution in [0, 0.1) is 0 Å². The highest BCUT2D eigenvalue weighted by molar-refractivity contribution is 5.06. The van der Waals surface area contributed by atoms with Gasteiger partial charge in [0.1, 0.15) is 0 Å². The van der Waals surface area contributed by atoms with Gasteiger partial charge >= 0.3 is 0 Å². The summed E-state index contributed by atoms with van der Waals surface area (Å²) in [4.78, 5) is 0. The second-order valence-electron chi connectivity index (χ2n) is 5.63. The fraction of sp³-hybridized carbons (Fsp3) is 0.538. The standard InChI is InChI=1S/C13H21N5/c1-13(2,3)14-7-11-8-15-18(9-11)10-12-5-6-17(4)16-12/h5-6,8-9,14H,7,10H2,1-4H3. The number of rotatable bonds is 4. The van der Waals surface area contributed by atoms with Gasteiger partial charge in [-0.1, -0.05) is 0 Å². The highest BCUT2D eigenvalue weighted by Crippen LogP contribution is 2.05. The van der Waals surface area contributed by atoms with E-state index in [-0.39, 0.29) is 5.54 Å². The fourth-order valence-electron chi connectivity index (χ4n) is 1.66. The molecule has 0 unspecified atom stereocenters. The van der Waals surface area contributed by atoms with Crippen LogP contribution in [0.5, 0.6) is 0 Å². The largest absolute Gasteiger partial charge is 0.308 e. The van der Waals surface area contributed by atoms with Gasteiger partial charge in [0, 0.05) is 37.1 Å². The lowest BCUT2D eigenvalue weighted by Crippen LogP contribution is -2.34. The topological polar surface area (TPSA) is 47.7 Å². The molecule has 5 nitrogen and oxygen atoms in total. The van der Waals surface area contributed by atoms with Crippen molar-refractivity contribution in [3.05, 3.63) is 35.9 Å². The van der Waals surface area contributed by atoms with Gasteiger partial charge in [0.25, 0.3) is 0 Å². The Balaban J connectivity index is 1.94. The third-order valence-corrected chi connectivity index (χ3v) is 2.60. The Morgan fingerprint density at radius 2 is 2.11 bits per heavy atom. The molecule has 0 fully saturated rings. The van der Waals surface area contributed by atoms with Crippen molar-refractivity contribution in [2.75, 3.05) is 0 Å². The summed E-state index contributed by atoms with van der Waals surface area (Å²) in [5.41, 5.74) is 2.35. The van der Waals surface area contributed by atoms with E-state index >= 15 is 0 Å². The molecule has 0 aromatic carbocycles. The molecule has 2 heterocycles. The minimum absolute atomic E-state index is 0.128. The zero-order valence-electron chi connectivity index (χ0n) is 11.5. The fourth-order valence-corrected chi connectivity index (χ4v) is 1.66. The predicted molar refractivity (Wildman–Crippen MR) is 71.1 cm³/mol. The highest BCUT2D eigenvalue weighted by atomic mass is 15.3. The summed E-state index contributed by atoms with van der Waals surface area (Å²) in [7, 11) is 1.92. The molecule has 0 aliphatic heterocycles. The van der Waals surface area contributed by atoms with E-state index in [1.807, 2.05) is 30.2 Å². The highest BCUT2D eigenvalue weighted by Gasteiger charge is 2.09. The zero-order chi connectivity index (χ0) is 13.2. The van der Waals surface area contributed by atoms with Crippen LogP contribution in [0.25, 0.3) is 0 Å². The summed E-state index contributed by atoms with van der Waals surface area (Å²) in [6, 6.07) is 2.01. The van der Waals surface area contributed by atoms with Crippen molar-refractivity contribution < 1.29 is 0 Å². The Hall–Kier alpha value is -1.62. The third-order valence-electron chi connectivity index (χ3n) is 2.60. The Morgan fingerprint density at radius 3 is 2.72 bits per heavy atom. The Labute approximate surface area is 108 Å². The Morgan fingerprint density at radius 1 is 1.33 bits per heavy atom. The van der Waals surface area contributed by atoms with E-state index in [4.69, 9.17) is 0 Å². The summed E-state index contributed by atoms with van der Waals surface area (Å²) in [6.45, 7) is 8.03. The smallest absolute Gasteiger partial charge is 0.0849 e. The number of nitrogens with zero attached hydrogens (tertiary/aromatic N) is 4. The molecule has 0 radical (unpaired) electrons. The Kier molecular flexibility index (Phi) is 3.52. The molecule has 2 aromatic heterocycles. The number of aryl methyl sites for hydroxylation is 1. The van der Waals surface area contributed by atoms with E-state index in [2.05, 4.69) is 42.5 Å². The van der Waals surface area contributed by atoms with Crippen LogP contribution < -0.4 is 5.32 Å². The molecule has 0 aliphatic rings. The van der Waals surface area contributed by atoms with Crippen LogP contribution in [-0.4, -0.2) is 25.1 Å². The van der Waals surface area contributed by atoms with Gasteiger partial charge in [-0.2, -0.15) is 10.2 Å². The van der Waals surface area contributed by atoms with Gasteiger partial charge in [-0.05, 0) is 26.8 Å². The van der Waals surface area contributed by atoms with Gasteiger partial charge in [0.2, 0.25) is 0 Å². The summed E-state index contributed by atoms with van der Waals surface area (Å²) in [5, 5.41) is 12.1. The first-order valence-corrected chi connectivity index (χ1v) is 6.17. The molecule has 1 N–H and O–H groups in total. The monoisotopic (exact) mass is 247 g/mol. The van der Waals surface area contributed by atoms with Gasteiger partial charge in [0.05, 0.1) is 18.4 Å². The van der Waals surface area contributed by atoms with Crippen molar-refractivity contribution in [3.8, 4) is 0 Å². The minimum Gasteiger partial charge on any atom is -0.308 e. The van der Waals surface area contributed by atoms with Crippen LogP contribution in [-0.2, 0) is 20.1 Å². The molecule has 0 atom stereocenters. The van der Waals surface area contributed by atoms with Crippen molar-refractivity contribution in [1.82, 2.24) is 24.9 Å². The minimum atomic E-state index is 0.128. The second-order valence-corrected chi connectivity index (χ2v) is 5.63. The molecule has 2 rings (SSSR count). The summed E-state index contributed by atoms with van der Waals surface area (Å²) < 4.78 is 3.73. The molecule has 0 amide bonds. The number of aromatic nitrogens is 4. The molecule has 0 saturated heterocycles. The molecule has 0 bridgehead atoms. The molecule has 5 heteroatoms. The first-order chi connectivity index (χ1) is 8.42. The molecular formula is C13H21N5. The molecule has 98 valence electrons. The molecule has 18 heavy (non-hydrogen) atoms. The van der Waals surface area contributed by atoms with Gasteiger partial charge in [-0.15, -0.1) is 0 Å². The van der Waals surface area contributed by atoms with Crippen molar-refractivity contribution in [2.45, 2.75) is 39.4 Å². The maximum atomic E-state index is 4.35. The van der Waals surface area contributed by atoms with Crippen molar-refractivity contribution in [1.29, 1.82) is 0 Å². The van der Waals surface area contributed by atoms with E-state index < -0.39 is 0 Å². The third kappa shape index (κ3) is 3.70. The van der Waals surface area contributed by atoms with Crippen LogP contribution in [0.15, 0.2) is 24.7 Å². The average Bonchev–Trinajstić information content (AvgIpc) is 2.85. The maximum absolute atomic E-state index is 4.35. The van der Waals surface area contributed by atoms with Gasteiger partial charge in [-0.25, -0.2) is 0 Å². The van der Waals surface area contributed by atoms with Crippen molar-refractivity contribution in [2.24, 2.45) is 7.05 Å². The Bertz CT molecular complexity index is 503. The van der Waals surface area contributed by atoms with E-state index in [1.54, 1.807) is 4.68 Å². The molecule has 0 spiro atoms. The van der Waals surface area contributed by atoms with Gasteiger partial charge in [0.15, 0.2) is 0 Å². The van der Waals surface area contributed by atoms with Crippen LogP contribution in [0.2, 0.25) is 0 Å². The quantitative estimate of drug-likeness (QED) is 0.891. The molecular weight excluding hydrogens is 226 g/mol. The predicted octanol–water partition coefficient (Wildman–Crippen LogP) is 1.55. The summed E-state index contributed by atoms with van der Waals surface area (Å²) in [6.07, 6.45) is 5.91. The summed E-state index contributed by atoms with van der Waals surface area (Å²) >= 11 is 0. The zero-order valence-corrected chi connectivity index (χ0v) is 11.5. The van der Waals surface area contributed by atoms with E-state index in [0.29, 0.717) is 0 Å². The number of nitrogens with one attached hydrogen (secondary N) is 1. The van der Waals surface area contributed by atoms with E-state index in [0.717, 1.165) is 18.8 Å². The van der Waals surface area contributed by atoms with Crippen LogP contribution >= 0.6 is 0 Å². The normalized spacial score (nSPS) is 12.0. The first kappa shape index (κ1) is 12.8. The number of hydrogen-bond donors (Lipinski definition) is 1. The van der Waals surface area contributed by atoms with Crippen LogP contribution in [0.1, 0.15) is 32.0 Å². The van der Waals surface area contributed by atoms with Gasteiger partial charge < -0.3 is 5.32 Å². The van der Waals surface area contributed by atoms with Gasteiger partial charge in [-0.3, -0.25) is 9.36 Å². The molecule has 0 aliphatic carbocycles. The van der Waals surface area contributed by atoms with E-state index in [9.17, 15) is 0 Å². The number of hydrogen-bond acceptors (Lipinski definition) is 3.